The number of rotatable bonds is 5. The maximum atomic E-state index is 14.2. The summed E-state index contributed by atoms with van der Waals surface area (Å²) in [5.41, 5.74) is -0.446. The van der Waals surface area contributed by atoms with Crippen molar-refractivity contribution in [2.45, 2.75) is 38.6 Å². The summed E-state index contributed by atoms with van der Waals surface area (Å²) in [6, 6.07) is 7.52. The van der Waals surface area contributed by atoms with Crippen molar-refractivity contribution in [1.29, 1.82) is 0 Å². The third-order valence-corrected chi connectivity index (χ3v) is 3.15. The van der Waals surface area contributed by atoms with Crippen molar-refractivity contribution in [3.05, 3.63) is 29.8 Å². The number of halogens is 1. The van der Waals surface area contributed by atoms with Crippen molar-refractivity contribution in [3.8, 4) is 5.75 Å². The molecule has 1 aromatic carbocycles. The highest BCUT2D eigenvalue weighted by Gasteiger charge is 2.36. The Labute approximate surface area is 113 Å². The number of hydrogen-bond donors (Lipinski definition) is 0. The van der Waals surface area contributed by atoms with E-state index in [1.807, 2.05) is 38.1 Å². The lowest BCUT2D eigenvalue weighted by molar-refractivity contribution is -0.238. The quantitative estimate of drug-likeness (QED) is 0.816. The van der Waals surface area contributed by atoms with Crippen LogP contribution in [0.1, 0.15) is 38.5 Å². The van der Waals surface area contributed by atoms with Crippen LogP contribution in [0, 0.1) is 0 Å². The average molecular weight is 268 g/mol. The summed E-state index contributed by atoms with van der Waals surface area (Å²) in [6.45, 7) is 4.73. The molecule has 0 atom stereocenters. The molecule has 0 aliphatic carbocycles. The molecule has 1 aliphatic heterocycles. The molecule has 0 saturated carbocycles. The van der Waals surface area contributed by atoms with Crippen LogP contribution in [0.5, 0.6) is 5.75 Å². The summed E-state index contributed by atoms with van der Waals surface area (Å²) in [7, 11) is 0. The molecule has 19 heavy (non-hydrogen) atoms. The van der Waals surface area contributed by atoms with Gasteiger partial charge in [-0.15, -0.1) is 0 Å². The smallest absolute Gasteiger partial charge is 0.184 e. The summed E-state index contributed by atoms with van der Waals surface area (Å²) < 4.78 is 30.5. The summed E-state index contributed by atoms with van der Waals surface area (Å²) in [4.78, 5) is 0. The van der Waals surface area contributed by atoms with E-state index in [1.54, 1.807) is 0 Å². The molecule has 0 spiro atoms. The van der Waals surface area contributed by atoms with E-state index < -0.39 is 12.0 Å². The molecule has 0 amide bonds. The summed E-state index contributed by atoms with van der Waals surface area (Å²) >= 11 is 0. The van der Waals surface area contributed by atoms with Gasteiger partial charge in [-0.1, -0.05) is 25.5 Å². The van der Waals surface area contributed by atoms with Gasteiger partial charge in [0.05, 0.1) is 19.8 Å². The lowest BCUT2D eigenvalue weighted by Gasteiger charge is -2.34. The lowest BCUT2D eigenvalue weighted by Crippen LogP contribution is -2.41. The van der Waals surface area contributed by atoms with Gasteiger partial charge in [0, 0.05) is 5.56 Å². The van der Waals surface area contributed by atoms with Crippen molar-refractivity contribution in [2.24, 2.45) is 0 Å². The van der Waals surface area contributed by atoms with Crippen molar-refractivity contribution in [3.63, 3.8) is 0 Å². The van der Waals surface area contributed by atoms with E-state index in [9.17, 15) is 4.39 Å². The van der Waals surface area contributed by atoms with Gasteiger partial charge in [-0.3, -0.25) is 0 Å². The fourth-order valence-corrected chi connectivity index (χ4v) is 2.21. The minimum absolute atomic E-state index is 0.0960. The SMILES string of the molecule is CCCC1(F)COC(c2ccc(OCC)cc2)OC1. The summed E-state index contributed by atoms with van der Waals surface area (Å²) in [5.74, 6) is 0.813. The highest BCUT2D eigenvalue weighted by molar-refractivity contribution is 5.28. The summed E-state index contributed by atoms with van der Waals surface area (Å²) in [5, 5.41) is 0. The zero-order valence-corrected chi connectivity index (χ0v) is 11.5. The van der Waals surface area contributed by atoms with Gasteiger partial charge in [-0.05, 0) is 25.5 Å². The second-order valence-corrected chi connectivity index (χ2v) is 4.86. The minimum Gasteiger partial charge on any atom is -0.494 e. The van der Waals surface area contributed by atoms with E-state index in [1.165, 1.54) is 0 Å². The standard InChI is InChI=1S/C15H21FO3/c1-3-9-15(16)10-18-14(19-11-15)12-5-7-13(8-6-12)17-4-2/h5-8,14H,3-4,9-11H2,1-2H3. The van der Waals surface area contributed by atoms with E-state index in [4.69, 9.17) is 14.2 Å². The first kappa shape index (κ1) is 14.3. The Balaban J connectivity index is 1.93. The van der Waals surface area contributed by atoms with Gasteiger partial charge in [0.15, 0.2) is 12.0 Å². The molecule has 106 valence electrons. The molecule has 1 aromatic rings. The molecule has 1 saturated heterocycles. The predicted molar refractivity (Wildman–Crippen MR) is 71.0 cm³/mol. The van der Waals surface area contributed by atoms with Crippen LogP contribution in [-0.2, 0) is 9.47 Å². The van der Waals surface area contributed by atoms with Crippen molar-refractivity contribution in [2.75, 3.05) is 19.8 Å². The maximum Gasteiger partial charge on any atom is 0.184 e. The first-order valence-electron chi connectivity index (χ1n) is 6.82. The van der Waals surface area contributed by atoms with Crippen LogP contribution in [0.2, 0.25) is 0 Å². The molecular weight excluding hydrogens is 247 g/mol. The molecule has 1 aliphatic rings. The van der Waals surface area contributed by atoms with E-state index >= 15 is 0 Å². The van der Waals surface area contributed by atoms with Gasteiger partial charge < -0.3 is 14.2 Å². The zero-order valence-electron chi connectivity index (χ0n) is 11.5. The Morgan fingerprint density at radius 3 is 2.37 bits per heavy atom. The molecule has 4 heteroatoms. The van der Waals surface area contributed by atoms with Crippen molar-refractivity contribution in [1.82, 2.24) is 0 Å². The van der Waals surface area contributed by atoms with Crippen LogP contribution in [0.4, 0.5) is 4.39 Å². The number of hydrogen-bond acceptors (Lipinski definition) is 3. The Morgan fingerprint density at radius 2 is 1.84 bits per heavy atom. The Kier molecular flexibility index (Phi) is 4.77. The topological polar surface area (TPSA) is 27.7 Å². The fourth-order valence-electron chi connectivity index (χ4n) is 2.21. The Hall–Kier alpha value is -1.13. The zero-order chi connectivity index (χ0) is 13.7. The normalized spacial score (nSPS) is 27.2. The number of benzene rings is 1. The van der Waals surface area contributed by atoms with Gasteiger partial charge in [0.2, 0.25) is 0 Å². The summed E-state index contributed by atoms with van der Waals surface area (Å²) in [6.07, 6.45) is 0.788. The highest BCUT2D eigenvalue weighted by atomic mass is 19.1. The molecule has 2 rings (SSSR count). The van der Waals surface area contributed by atoms with Crippen molar-refractivity contribution >= 4 is 0 Å². The molecule has 0 aromatic heterocycles. The van der Waals surface area contributed by atoms with Crippen LogP contribution in [0.3, 0.4) is 0 Å². The van der Waals surface area contributed by atoms with Crippen LogP contribution < -0.4 is 4.74 Å². The monoisotopic (exact) mass is 268 g/mol. The first-order valence-corrected chi connectivity index (χ1v) is 6.82. The van der Waals surface area contributed by atoms with Gasteiger partial charge >= 0.3 is 0 Å². The molecular formula is C15H21FO3. The van der Waals surface area contributed by atoms with E-state index in [2.05, 4.69) is 0 Å². The van der Waals surface area contributed by atoms with Crippen LogP contribution in [0.15, 0.2) is 24.3 Å². The molecule has 0 unspecified atom stereocenters. The molecule has 0 N–H and O–H groups in total. The largest absolute Gasteiger partial charge is 0.494 e. The van der Waals surface area contributed by atoms with Crippen molar-refractivity contribution < 1.29 is 18.6 Å². The van der Waals surface area contributed by atoms with E-state index in [-0.39, 0.29) is 13.2 Å². The lowest BCUT2D eigenvalue weighted by atomic mass is 10.0. The molecule has 1 fully saturated rings. The molecule has 3 nitrogen and oxygen atoms in total. The average Bonchev–Trinajstić information content (AvgIpc) is 2.41. The predicted octanol–water partition coefficient (Wildman–Crippen LogP) is 3.64. The maximum absolute atomic E-state index is 14.2. The van der Waals surface area contributed by atoms with Crippen LogP contribution in [0.25, 0.3) is 0 Å². The van der Waals surface area contributed by atoms with Crippen LogP contribution in [-0.4, -0.2) is 25.5 Å². The second kappa shape index (κ2) is 6.35. The minimum atomic E-state index is -1.34. The highest BCUT2D eigenvalue weighted by Crippen LogP contribution is 2.32. The Morgan fingerprint density at radius 1 is 1.21 bits per heavy atom. The van der Waals surface area contributed by atoms with Gasteiger partial charge in [-0.25, -0.2) is 4.39 Å². The van der Waals surface area contributed by atoms with E-state index in [0.29, 0.717) is 13.0 Å². The number of alkyl halides is 1. The number of ether oxygens (including phenoxy) is 3. The second-order valence-electron chi connectivity index (χ2n) is 4.86. The molecule has 0 bridgehead atoms. The van der Waals surface area contributed by atoms with Gasteiger partial charge in [0.1, 0.15) is 5.75 Å². The van der Waals surface area contributed by atoms with Crippen LogP contribution >= 0.6 is 0 Å². The fraction of sp³-hybridized carbons (Fsp3) is 0.600. The Bertz CT molecular complexity index is 383. The third-order valence-electron chi connectivity index (χ3n) is 3.15. The third kappa shape index (κ3) is 3.67. The van der Waals surface area contributed by atoms with Gasteiger partial charge in [0.25, 0.3) is 0 Å². The first-order chi connectivity index (χ1) is 9.17. The van der Waals surface area contributed by atoms with Gasteiger partial charge in [-0.2, -0.15) is 0 Å². The molecule has 1 heterocycles. The molecule has 0 radical (unpaired) electrons. The van der Waals surface area contributed by atoms with E-state index in [0.717, 1.165) is 17.7 Å².